The fourth-order valence-corrected chi connectivity index (χ4v) is 7.94. The molecule has 1 unspecified atom stereocenters. The summed E-state index contributed by atoms with van der Waals surface area (Å²) in [6, 6.07) is 0. The summed E-state index contributed by atoms with van der Waals surface area (Å²) in [6.45, 7) is -3.91. The van der Waals surface area contributed by atoms with Crippen molar-refractivity contribution in [3.8, 4) is 0 Å². The van der Waals surface area contributed by atoms with Crippen LogP contribution in [-0.2, 0) is 30.5 Å². The van der Waals surface area contributed by atoms with Crippen molar-refractivity contribution in [2.24, 2.45) is 0 Å². The molecule has 6 rings (SSSR count). The smallest absolute Gasteiger partial charge is 0.280 e. The van der Waals surface area contributed by atoms with Gasteiger partial charge in [-0.3, -0.25) is 18.9 Å². The average molecular weight is 643 g/mol. The van der Waals surface area contributed by atoms with Gasteiger partial charge in [0.1, 0.15) is 47.6 Å². The first-order valence-electron chi connectivity index (χ1n) is 12.8. The number of methoxy groups -OCH3 is 1. The van der Waals surface area contributed by atoms with Crippen LogP contribution in [0, 0.1) is 0 Å². The van der Waals surface area contributed by atoms with E-state index in [9.17, 15) is 19.9 Å². The van der Waals surface area contributed by atoms with Crippen LogP contribution in [-0.4, -0.2) is 110 Å². The Morgan fingerprint density at radius 2 is 1.88 bits per heavy atom. The maximum absolute atomic E-state index is 15.7. The topological polar surface area (TPSA) is 257 Å². The minimum atomic E-state index is -4.18. The van der Waals surface area contributed by atoms with Crippen LogP contribution < -0.4 is 17.0 Å². The number of fused-ring (bicyclic) bond motifs is 2. The van der Waals surface area contributed by atoms with E-state index >= 15 is 4.39 Å². The lowest BCUT2D eigenvalue weighted by atomic mass is 9.98. The number of imidazole rings is 2. The van der Waals surface area contributed by atoms with Crippen molar-refractivity contribution in [3.63, 3.8) is 0 Å². The average Bonchev–Trinajstić information content (AvgIpc) is 3.71. The second-order valence-corrected chi connectivity index (χ2v) is 13.9. The van der Waals surface area contributed by atoms with Crippen molar-refractivity contribution in [3.05, 3.63) is 29.3 Å². The Hall–Kier alpha value is -3.20. The zero-order valence-corrected chi connectivity index (χ0v) is 24.3. The maximum Gasteiger partial charge on any atom is 0.280 e. The highest BCUT2D eigenvalue weighted by molar-refractivity contribution is 8.09. The van der Waals surface area contributed by atoms with Gasteiger partial charge in [0.15, 0.2) is 41.6 Å². The minimum Gasteiger partial charge on any atom is -0.394 e. The van der Waals surface area contributed by atoms with Crippen molar-refractivity contribution in [1.82, 2.24) is 39.0 Å². The Labute approximate surface area is 246 Å². The van der Waals surface area contributed by atoms with Crippen LogP contribution in [0.5, 0.6) is 0 Å². The second-order valence-electron chi connectivity index (χ2n) is 10.3. The molecule has 4 aromatic heterocycles. The number of nitrogens with zero attached hydrogens (tertiary/aromatic N) is 7. The van der Waals surface area contributed by atoms with E-state index in [0.29, 0.717) is 11.2 Å². The van der Waals surface area contributed by atoms with Gasteiger partial charge in [0.05, 0.1) is 25.9 Å². The molecule has 43 heavy (non-hydrogen) atoms. The molecule has 18 nitrogen and oxygen atoms in total. The van der Waals surface area contributed by atoms with Gasteiger partial charge in [-0.2, -0.15) is 4.98 Å². The van der Waals surface area contributed by atoms with Gasteiger partial charge < -0.3 is 45.3 Å². The largest absolute Gasteiger partial charge is 0.394 e. The van der Waals surface area contributed by atoms with Gasteiger partial charge >= 0.3 is 0 Å². The zero-order chi connectivity index (χ0) is 30.8. The molecule has 2 aliphatic heterocycles. The molecule has 6 heterocycles. The number of anilines is 2. The van der Waals surface area contributed by atoms with E-state index < -0.39 is 73.5 Å². The number of alkyl halides is 1. The van der Waals surface area contributed by atoms with Gasteiger partial charge in [-0.05, 0) is 18.7 Å². The fourth-order valence-electron chi connectivity index (χ4n) is 5.41. The summed E-state index contributed by atoms with van der Waals surface area (Å²) in [4.78, 5) is 46.5. The molecule has 4 aromatic rings. The second kappa shape index (κ2) is 10.8. The van der Waals surface area contributed by atoms with E-state index in [0.717, 1.165) is 6.33 Å². The first-order chi connectivity index (χ1) is 20.4. The highest BCUT2D eigenvalue weighted by Gasteiger charge is 2.57. The summed E-state index contributed by atoms with van der Waals surface area (Å²) in [6.07, 6.45) is -4.19. The highest BCUT2D eigenvalue weighted by atomic mass is 32.5. The summed E-state index contributed by atoms with van der Waals surface area (Å²) in [7, 11) is 1.38. The molecular weight excluding hydrogens is 614 g/mol. The van der Waals surface area contributed by atoms with Crippen molar-refractivity contribution >= 4 is 52.4 Å². The maximum atomic E-state index is 15.7. The highest BCUT2D eigenvalue weighted by Crippen LogP contribution is 2.59. The Morgan fingerprint density at radius 1 is 1.19 bits per heavy atom. The van der Waals surface area contributed by atoms with E-state index in [-0.39, 0.29) is 22.9 Å². The van der Waals surface area contributed by atoms with Gasteiger partial charge in [0, 0.05) is 7.11 Å². The number of aromatic amines is 1. The SMILES string of the molecule is CO[C@H]1[C@H](n2cnc3c(N)ncnc32)O[C@](C)(COP(O)(=S)[C@@H]2[C@@H](F)[C@@H](CO)O[C@H]2n2cnc3c(=O)[nH]c(N)nc32)[C@H]1O. The van der Waals surface area contributed by atoms with Gasteiger partial charge in [-0.1, -0.05) is 0 Å². The lowest BCUT2D eigenvalue weighted by Crippen LogP contribution is -2.45. The Bertz CT molecular complexity index is 1790. The summed E-state index contributed by atoms with van der Waals surface area (Å²) < 4.78 is 41.7. The number of nitrogens with two attached hydrogens (primary N) is 2. The van der Waals surface area contributed by atoms with Gasteiger partial charge in [-0.25, -0.2) is 24.3 Å². The summed E-state index contributed by atoms with van der Waals surface area (Å²) in [5, 5.41) is 21.0. The number of ether oxygens (including phenoxy) is 3. The van der Waals surface area contributed by atoms with Crippen LogP contribution in [0.3, 0.4) is 0 Å². The molecule has 8 N–H and O–H groups in total. The summed E-state index contributed by atoms with van der Waals surface area (Å²) in [5.74, 6) is -0.0851. The monoisotopic (exact) mass is 642 g/mol. The van der Waals surface area contributed by atoms with E-state index in [2.05, 4.69) is 29.9 Å². The number of nitrogens with one attached hydrogen (secondary N) is 1. The van der Waals surface area contributed by atoms with Crippen molar-refractivity contribution in [2.75, 3.05) is 31.8 Å². The molecule has 0 saturated carbocycles. The Kier molecular flexibility index (Phi) is 7.47. The molecule has 232 valence electrons. The first kappa shape index (κ1) is 29.9. The summed E-state index contributed by atoms with van der Waals surface area (Å²) >= 11 is 5.46. The number of aromatic nitrogens is 8. The van der Waals surface area contributed by atoms with Crippen LogP contribution in [0.4, 0.5) is 16.2 Å². The third-order valence-electron chi connectivity index (χ3n) is 7.65. The van der Waals surface area contributed by atoms with E-state index in [1.807, 2.05) is 0 Å². The van der Waals surface area contributed by atoms with Gasteiger partial charge in [0.2, 0.25) is 5.95 Å². The number of aliphatic hydroxyl groups excluding tert-OH is 2. The first-order valence-corrected chi connectivity index (χ1v) is 15.6. The van der Waals surface area contributed by atoms with Crippen LogP contribution in [0.25, 0.3) is 22.3 Å². The molecule has 0 aliphatic carbocycles. The quantitative estimate of drug-likeness (QED) is 0.122. The predicted octanol–water partition coefficient (Wildman–Crippen LogP) is -1.30. The molecule has 2 saturated heterocycles. The molecule has 0 amide bonds. The molecule has 0 radical (unpaired) electrons. The number of rotatable bonds is 8. The van der Waals surface area contributed by atoms with Crippen LogP contribution in [0.15, 0.2) is 23.8 Å². The molecule has 21 heteroatoms. The number of hydrogen-bond acceptors (Lipinski definition) is 15. The number of halogens is 1. The number of hydrogen-bond donors (Lipinski definition) is 6. The number of H-pyrrole nitrogens is 1. The van der Waals surface area contributed by atoms with E-state index in [1.165, 1.54) is 35.8 Å². The third-order valence-corrected chi connectivity index (χ3v) is 10.5. The molecule has 2 aliphatic rings. The molecular formula is C22H28FN10O8PS. The number of aliphatic hydroxyl groups is 2. The normalized spacial score (nSPS) is 32.6. The Balaban J connectivity index is 1.29. The molecule has 0 spiro atoms. The standard InChI is InChI=1S/C22H28FN10O8PS/c1-22(14(35)12(38-2)19(41-22)32-6-28-10-15(24)26-5-27-16(10)32)4-39-42(37,43)13-9(23)8(3-34)40-20(13)33-7-29-11-17(33)30-21(25)31-18(11)36/h5-9,12-14,19-20,34-35H,3-4H2,1-2H3,(H,37,43)(H2,24,26,27)(H3,25,30,31,36)/t8-,9+,12-,13-,14+,19-,20-,22-,42?/m1/s1. The molecule has 2 fully saturated rings. The third kappa shape index (κ3) is 4.78. The summed E-state index contributed by atoms with van der Waals surface area (Å²) in [5.41, 5.74) is 8.34. The Morgan fingerprint density at radius 3 is 2.58 bits per heavy atom. The van der Waals surface area contributed by atoms with Gasteiger partial charge in [-0.15, -0.1) is 0 Å². The van der Waals surface area contributed by atoms with Crippen molar-refractivity contribution in [1.29, 1.82) is 0 Å². The molecule has 9 atom stereocenters. The number of nitrogen functional groups attached to an aromatic ring is 2. The molecule has 0 bridgehead atoms. The van der Waals surface area contributed by atoms with E-state index in [1.54, 1.807) is 0 Å². The fraction of sp³-hybridized carbons (Fsp3) is 0.545. The molecule has 0 aromatic carbocycles. The predicted molar refractivity (Wildman–Crippen MR) is 150 cm³/mol. The van der Waals surface area contributed by atoms with Crippen LogP contribution in [0.2, 0.25) is 0 Å². The van der Waals surface area contributed by atoms with E-state index in [4.69, 9.17) is 42.0 Å². The minimum absolute atomic E-state index is 0.0543. The van der Waals surface area contributed by atoms with Crippen molar-refractivity contribution < 1.29 is 38.2 Å². The van der Waals surface area contributed by atoms with Crippen LogP contribution in [0.1, 0.15) is 19.4 Å². The lowest BCUT2D eigenvalue weighted by Gasteiger charge is -2.33. The van der Waals surface area contributed by atoms with Gasteiger partial charge in [0.25, 0.3) is 5.56 Å². The van der Waals surface area contributed by atoms with Crippen LogP contribution >= 0.6 is 6.49 Å². The zero-order valence-electron chi connectivity index (χ0n) is 22.6. The van der Waals surface area contributed by atoms with Crippen molar-refractivity contribution in [2.45, 2.75) is 55.1 Å². The lowest BCUT2D eigenvalue weighted by molar-refractivity contribution is -0.111.